The Morgan fingerprint density at radius 2 is 2.18 bits per heavy atom. The van der Waals surface area contributed by atoms with Crippen molar-refractivity contribution in [3.63, 3.8) is 0 Å². The SMILES string of the molecule is Cc1cc(N2CCSC(C)C2C)ccc1C=O. The Morgan fingerprint density at radius 1 is 1.41 bits per heavy atom. The fourth-order valence-corrected chi connectivity index (χ4v) is 3.37. The van der Waals surface area contributed by atoms with Crippen molar-refractivity contribution in [3.05, 3.63) is 29.3 Å². The van der Waals surface area contributed by atoms with E-state index in [4.69, 9.17) is 0 Å². The first-order valence-electron chi connectivity index (χ1n) is 6.07. The van der Waals surface area contributed by atoms with E-state index in [0.29, 0.717) is 11.3 Å². The third kappa shape index (κ3) is 2.49. The molecule has 0 aromatic heterocycles. The highest BCUT2D eigenvalue weighted by atomic mass is 32.2. The topological polar surface area (TPSA) is 20.3 Å². The Bertz CT molecular complexity index is 419. The number of carbonyl (C=O) groups excluding carboxylic acids is 1. The van der Waals surface area contributed by atoms with E-state index in [1.807, 2.05) is 24.8 Å². The highest BCUT2D eigenvalue weighted by Crippen LogP contribution is 2.29. The normalized spacial score (nSPS) is 24.8. The molecule has 0 aliphatic carbocycles. The Morgan fingerprint density at radius 3 is 2.82 bits per heavy atom. The van der Waals surface area contributed by atoms with Gasteiger partial charge in [0.05, 0.1) is 0 Å². The lowest BCUT2D eigenvalue weighted by molar-refractivity contribution is 0.112. The van der Waals surface area contributed by atoms with E-state index < -0.39 is 0 Å². The zero-order valence-corrected chi connectivity index (χ0v) is 11.5. The average molecular weight is 249 g/mol. The van der Waals surface area contributed by atoms with Gasteiger partial charge in [0, 0.05) is 34.8 Å². The van der Waals surface area contributed by atoms with Gasteiger partial charge in [0.25, 0.3) is 0 Å². The molecule has 1 fully saturated rings. The average Bonchev–Trinajstić information content (AvgIpc) is 2.32. The molecule has 1 aliphatic heterocycles. The Hall–Kier alpha value is -0.960. The molecule has 2 atom stereocenters. The monoisotopic (exact) mass is 249 g/mol. The van der Waals surface area contributed by atoms with E-state index in [2.05, 4.69) is 30.9 Å². The second kappa shape index (κ2) is 5.13. The summed E-state index contributed by atoms with van der Waals surface area (Å²) < 4.78 is 0. The van der Waals surface area contributed by atoms with E-state index in [1.165, 1.54) is 11.4 Å². The van der Waals surface area contributed by atoms with Crippen LogP contribution in [0.5, 0.6) is 0 Å². The molecule has 0 spiro atoms. The number of anilines is 1. The van der Waals surface area contributed by atoms with Crippen molar-refractivity contribution < 1.29 is 4.79 Å². The van der Waals surface area contributed by atoms with Crippen LogP contribution < -0.4 is 4.90 Å². The van der Waals surface area contributed by atoms with Gasteiger partial charge in [-0.1, -0.05) is 6.92 Å². The van der Waals surface area contributed by atoms with Crippen LogP contribution in [-0.4, -0.2) is 29.9 Å². The molecule has 0 saturated carbocycles. The zero-order valence-electron chi connectivity index (χ0n) is 10.6. The second-order valence-electron chi connectivity index (χ2n) is 4.67. The van der Waals surface area contributed by atoms with Crippen molar-refractivity contribution in [1.29, 1.82) is 0 Å². The lowest BCUT2D eigenvalue weighted by Gasteiger charge is -2.39. The van der Waals surface area contributed by atoms with Crippen molar-refractivity contribution in [2.75, 3.05) is 17.2 Å². The van der Waals surface area contributed by atoms with Gasteiger partial charge in [-0.3, -0.25) is 4.79 Å². The number of hydrogen-bond acceptors (Lipinski definition) is 3. The number of thioether (sulfide) groups is 1. The maximum absolute atomic E-state index is 10.8. The van der Waals surface area contributed by atoms with E-state index in [-0.39, 0.29) is 0 Å². The van der Waals surface area contributed by atoms with Gasteiger partial charge in [-0.2, -0.15) is 11.8 Å². The van der Waals surface area contributed by atoms with Gasteiger partial charge < -0.3 is 4.90 Å². The molecular weight excluding hydrogens is 230 g/mol. The van der Waals surface area contributed by atoms with E-state index in [0.717, 1.165) is 24.0 Å². The van der Waals surface area contributed by atoms with Crippen molar-refractivity contribution in [1.82, 2.24) is 0 Å². The first kappa shape index (κ1) is 12.5. The summed E-state index contributed by atoms with van der Waals surface area (Å²) in [5.74, 6) is 1.18. The summed E-state index contributed by atoms with van der Waals surface area (Å²) in [6, 6.07) is 6.67. The van der Waals surface area contributed by atoms with E-state index in [1.54, 1.807) is 0 Å². The van der Waals surface area contributed by atoms with Crippen LogP contribution in [0.2, 0.25) is 0 Å². The van der Waals surface area contributed by atoms with Gasteiger partial charge in [-0.25, -0.2) is 0 Å². The summed E-state index contributed by atoms with van der Waals surface area (Å²) in [4.78, 5) is 13.3. The van der Waals surface area contributed by atoms with Crippen LogP contribution in [0.3, 0.4) is 0 Å². The summed E-state index contributed by atoms with van der Waals surface area (Å²) in [7, 11) is 0. The molecule has 2 unspecified atom stereocenters. The van der Waals surface area contributed by atoms with Crippen LogP contribution in [-0.2, 0) is 0 Å². The molecular formula is C14H19NOS. The third-order valence-electron chi connectivity index (χ3n) is 3.60. The first-order valence-corrected chi connectivity index (χ1v) is 7.12. The Labute approximate surface area is 107 Å². The van der Waals surface area contributed by atoms with Crippen LogP contribution in [0.4, 0.5) is 5.69 Å². The van der Waals surface area contributed by atoms with Crippen LogP contribution in [0.25, 0.3) is 0 Å². The number of nitrogens with zero attached hydrogens (tertiary/aromatic N) is 1. The number of aryl methyl sites for hydroxylation is 1. The summed E-state index contributed by atoms with van der Waals surface area (Å²) in [6.45, 7) is 7.66. The Balaban J connectivity index is 2.27. The third-order valence-corrected chi connectivity index (χ3v) is 4.93. The highest BCUT2D eigenvalue weighted by Gasteiger charge is 2.25. The maximum Gasteiger partial charge on any atom is 0.150 e. The minimum absolute atomic E-state index is 0.551. The molecule has 1 heterocycles. The number of benzene rings is 1. The molecule has 0 N–H and O–H groups in total. The molecule has 1 saturated heterocycles. The summed E-state index contributed by atoms with van der Waals surface area (Å²) in [5, 5.41) is 0.662. The second-order valence-corrected chi connectivity index (χ2v) is 6.15. The van der Waals surface area contributed by atoms with Crippen LogP contribution in [0, 0.1) is 6.92 Å². The molecule has 1 aromatic rings. The standard InChI is InChI=1S/C14H19NOS/c1-10-8-14(5-4-13(10)9-16)15-6-7-17-12(3)11(15)2/h4-5,8-9,11-12H,6-7H2,1-3H3. The van der Waals surface area contributed by atoms with Crippen LogP contribution in [0.1, 0.15) is 29.8 Å². The fraction of sp³-hybridized carbons (Fsp3) is 0.500. The molecule has 2 rings (SSSR count). The smallest absolute Gasteiger partial charge is 0.150 e. The van der Waals surface area contributed by atoms with Crippen molar-refractivity contribution in [2.24, 2.45) is 0 Å². The lowest BCUT2D eigenvalue weighted by Crippen LogP contribution is -2.44. The predicted octanol–water partition coefficient (Wildman–Crippen LogP) is 3.14. The number of carbonyl (C=O) groups is 1. The van der Waals surface area contributed by atoms with Gasteiger partial charge in [0.1, 0.15) is 6.29 Å². The van der Waals surface area contributed by atoms with Gasteiger partial charge in [-0.15, -0.1) is 0 Å². The predicted molar refractivity (Wildman–Crippen MR) is 75.3 cm³/mol. The molecule has 92 valence electrons. The molecule has 17 heavy (non-hydrogen) atoms. The van der Waals surface area contributed by atoms with Gasteiger partial charge >= 0.3 is 0 Å². The largest absolute Gasteiger partial charge is 0.367 e. The van der Waals surface area contributed by atoms with Crippen LogP contribution in [0.15, 0.2) is 18.2 Å². The lowest BCUT2D eigenvalue weighted by atomic mass is 10.1. The molecule has 0 amide bonds. The molecule has 3 heteroatoms. The number of rotatable bonds is 2. The number of hydrogen-bond donors (Lipinski definition) is 0. The summed E-state index contributed by atoms with van der Waals surface area (Å²) >= 11 is 2.04. The minimum Gasteiger partial charge on any atom is -0.367 e. The van der Waals surface area contributed by atoms with E-state index >= 15 is 0 Å². The molecule has 2 nitrogen and oxygen atoms in total. The Kier molecular flexibility index (Phi) is 3.77. The molecule has 1 aliphatic rings. The maximum atomic E-state index is 10.8. The van der Waals surface area contributed by atoms with Gasteiger partial charge in [-0.05, 0) is 37.6 Å². The van der Waals surface area contributed by atoms with Crippen molar-refractivity contribution in [2.45, 2.75) is 32.1 Å². The molecule has 0 radical (unpaired) electrons. The fourth-order valence-electron chi connectivity index (χ4n) is 2.27. The van der Waals surface area contributed by atoms with Crippen molar-refractivity contribution >= 4 is 23.7 Å². The summed E-state index contributed by atoms with van der Waals surface area (Å²) in [5.41, 5.74) is 3.10. The van der Waals surface area contributed by atoms with Gasteiger partial charge in [0.15, 0.2) is 0 Å². The summed E-state index contributed by atoms with van der Waals surface area (Å²) in [6.07, 6.45) is 0.928. The molecule has 1 aromatic carbocycles. The minimum atomic E-state index is 0.551. The highest BCUT2D eigenvalue weighted by molar-refractivity contribution is 8.00. The first-order chi connectivity index (χ1) is 8.13. The quantitative estimate of drug-likeness (QED) is 0.751. The molecule has 0 bridgehead atoms. The van der Waals surface area contributed by atoms with Crippen LogP contribution >= 0.6 is 11.8 Å². The zero-order chi connectivity index (χ0) is 12.4. The number of aldehydes is 1. The van der Waals surface area contributed by atoms with Crippen molar-refractivity contribution in [3.8, 4) is 0 Å². The van der Waals surface area contributed by atoms with E-state index in [9.17, 15) is 4.79 Å². The van der Waals surface area contributed by atoms with Gasteiger partial charge in [0.2, 0.25) is 0 Å².